The first-order valence-electron chi connectivity index (χ1n) is 11.8. The molecule has 2 bridgehead atoms. The summed E-state index contributed by atoms with van der Waals surface area (Å²) in [6.45, 7) is 3.79. The number of hydrogen-bond acceptors (Lipinski definition) is 4. The van der Waals surface area contributed by atoms with E-state index in [1.165, 1.54) is 7.11 Å². The first-order chi connectivity index (χ1) is 17.4. The van der Waals surface area contributed by atoms with Crippen molar-refractivity contribution in [2.24, 2.45) is 5.92 Å². The van der Waals surface area contributed by atoms with Gasteiger partial charge in [-0.05, 0) is 48.6 Å². The Bertz CT molecular complexity index is 1100. The Hall–Kier alpha value is -2.85. The molecule has 0 saturated carbocycles. The number of alkyl halides is 6. The quantitative estimate of drug-likeness (QED) is 0.239. The second kappa shape index (κ2) is 10.1. The second-order valence-corrected chi connectivity index (χ2v) is 9.42. The largest absolute Gasteiger partial charge is 0.469 e. The molecule has 2 aliphatic rings. The van der Waals surface area contributed by atoms with E-state index in [-0.39, 0.29) is 23.6 Å². The van der Waals surface area contributed by atoms with Gasteiger partial charge in [-0.3, -0.25) is 9.69 Å². The maximum absolute atomic E-state index is 13.4. The van der Waals surface area contributed by atoms with Gasteiger partial charge in [0.1, 0.15) is 0 Å². The number of fused-ring (bicyclic) bond motifs is 2. The molecule has 0 unspecified atom stereocenters. The molecule has 4 rings (SSSR count). The molecule has 0 spiro atoms. The standard InChI is InChI=1S/C27H27F6NO3/c1-3-11-34-22-9-10-23(25(34,15-21(22)24(35)36-2)18-7-5-4-6-8-18)37-16-17-12-19(26(28,29)30)14-20(13-17)27(31,32)33/h3-8,12-14,21-23H,1,9-11,15-16H2,2H3/t21-,22+,23-,25-/m1/s1. The van der Waals surface area contributed by atoms with Gasteiger partial charge in [-0.15, -0.1) is 6.58 Å². The average Bonchev–Trinajstić information content (AvgIpc) is 3.07. The molecule has 2 heterocycles. The lowest BCUT2D eigenvalue weighted by Gasteiger charge is -2.49. The Kier molecular flexibility index (Phi) is 7.45. The summed E-state index contributed by atoms with van der Waals surface area (Å²) in [5, 5.41) is 0. The molecule has 200 valence electrons. The lowest BCUT2D eigenvalue weighted by Crippen LogP contribution is -2.57. The number of hydrogen-bond donors (Lipinski definition) is 0. The molecule has 2 saturated heterocycles. The highest BCUT2D eigenvalue weighted by Crippen LogP contribution is 2.54. The maximum Gasteiger partial charge on any atom is 0.416 e. The van der Waals surface area contributed by atoms with Crippen molar-refractivity contribution in [3.8, 4) is 0 Å². The monoisotopic (exact) mass is 527 g/mol. The van der Waals surface area contributed by atoms with Gasteiger partial charge in [0.25, 0.3) is 0 Å². The third-order valence-corrected chi connectivity index (χ3v) is 7.37. The fourth-order valence-electron chi connectivity index (χ4n) is 5.88. The van der Waals surface area contributed by atoms with Gasteiger partial charge >= 0.3 is 18.3 Å². The Balaban J connectivity index is 1.73. The Morgan fingerprint density at radius 2 is 1.68 bits per heavy atom. The predicted molar refractivity (Wildman–Crippen MR) is 123 cm³/mol. The fourth-order valence-corrected chi connectivity index (χ4v) is 5.88. The second-order valence-electron chi connectivity index (χ2n) is 9.42. The molecule has 0 aromatic heterocycles. The van der Waals surface area contributed by atoms with E-state index in [2.05, 4.69) is 11.5 Å². The average molecular weight is 528 g/mol. The highest BCUT2D eigenvalue weighted by atomic mass is 19.4. The van der Waals surface area contributed by atoms with Gasteiger partial charge in [0.2, 0.25) is 0 Å². The van der Waals surface area contributed by atoms with E-state index >= 15 is 0 Å². The minimum absolute atomic E-state index is 0.101. The lowest BCUT2D eigenvalue weighted by atomic mass is 9.78. The summed E-state index contributed by atoms with van der Waals surface area (Å²) < 4.78 is 91.4. The number of rotatable bonds is 7. The highest BCUT2D eigenvalue weighted by Gasteiger charge is 2.61. The van der Waals surface area contributed by atoms with Crippen LogP contribution in [0.25, 0.3) is 0 Å². The number of ether oxygens (including phenoxy) is 2. The Morgan fingerprint density at radius 3 is 2.22 bits per heavy atom. The van der Waals surface area contributed by atoms with Crippen molar-refractivity contribution in [2.75, 3.05) is 13.7 Å². The highest BCUT2D eigenvalue weighted by molar-refractivity contribution is 5.74. The molecular weight excluding hydrogens is 500 g/mol. The summed E-state index contributed by atoms with van der Waals surface area (Å²) in [4.78, 5) is 14.8. The van der Waals surface area contributed by atoms with E-state index in [1.54, 1.807) is 6.08 Å². The SMILES string of the molecule is C=CCN1[C@H]2CC[C@@H](OCc3cc(C(F)(F)F)cc(C(F)(F)F)c3)[C@]1(c1ccccc1)C[C@H]2C(=O)OC. The molecule has 4 atom stereocenters. The molecule has 0 aliphatic carbocycles. The summed E-state index contributed by atoms with van der Waals surface area (Å²) in [6, 6.07) is 10.6. The Labute approximate surface area is 210 Å². The molecule has 37 heavy (non-hydrogen) atoms. The van der Waals surface area contributed by atoms with Gasteiger partial charge in [0, 0.05) is 12.6 Å². The van der Waals surface area contributed by atoms with Gasteiger partial charge in [-0.25, -0.2) is 0 Å². The zero-order valence-electron chi connectivity index (χ0n) is 20.1. The van der Waals surface area contributed by atoms with Crippen LogP contribution < -0.4 is 0 Å². The van der Waals surface area contributed by atoms with Gasteiger partial charge in [-0.2, -0.15) is 26.3 Å². The van der Waals surface area contributed by atoms with Crippen molar-refractivity contribution < 1.29 is 40.6 Å². The van der Waals surface area contributed by atoms with Crippen molar-refractivity contribution in [3.63, 3.8) is 0 Å². The molecule has 2 aromatic carbocycles. The van der Waals surface area contributed by atoms with E-state index < -0.39 is 47.6 Å². The van der Waals surface area contributed by atoms with Crippen LogP contribution in [0.5, 0.6) is 0 Å². The van der Waals surface area contributed by atoms with Crippen LogP contribution in [0.4, 0.5) is 26.3 Å². The van der Waals surface area contributed by atoms with Crippen LogP contribution in [-0.4, -0.2) is 36.7 Å². The number of carbonyl (C=O) groups excluding carboxylic acids is 1. The lowest BCUT2D eigenvalue weighted by molar-refractivity contribution is -0.147. The number of halogens is 6. The summed E-state index contributed by atoms with van der Waals surface area (Å²) in [5.74, 6) is -0.839. The van der Waals surface area contributed by atoms with Crippen LogP contribution in [0.3, 0.4) is 0 Å². The Morgan fingerprint density at radius 1 is 1.05 bits per heavy atom. The van der Waals surface area contributed by atoms with Gasteiger partial charge in [0.15, 0.2) is 0 Å². The number of carbonyl (C=O) groups is 1. The fraction of sp³-hybridized carbons (Fsp3) is 0.444. The van der Waals surface area contributed by atoms with Gasteiger partial charge in [-0.1, -0.05) is 36.4 Å². The van der Waals surface area contributed by atoms with Crippen molar-refractivity contribution >= 4 is 5.97 Å². The normalized spacial score (nSPS) is 26.2. The van der Waals surface area contributed by atoms with Crippen LogP contribution in [0, 0.1) is 5.92 Å². The molecule has 2 aromatic rings. The molecule has 0 N–H and O–H groups in total. The first-order valence-corrected chi connectivity index (χ1v) is 11.8. The molecular formula is C27H27F6NO3. The van der Waals surface area contributed by atoms with Gasteiger partial charge < -0.3 is 9.47 Å². The minimum Gasteiger partial charge on any atom is -0.469 e. The van der Waals surface area contributed by atoms with Crippen molar-refractivity contribution in [3.05, 3.63) is 83.4 Å². The number of methoxy groups -OCH3 is 1. The van der Waals surface area contributed by atoms with Crippen LogP contribution >= 0.6 is 0 Å². The van der Waals surface area contributed by atoms with E-state index in [9.17, 15) is 31.1 Å². The van der Waals surface area contributed by atoms with E-state index in [4.69, 9.17) is 9.47 Å². The van der Waals surface area contributed by atoms with Crippen molar-refractivity contribution in [1.82, 2.24) is 4.90 Å². The van der Waals surface area contributed by atoms with Crippen LogP contribution in [0.15, 0.2) is 61.2 Å². The first kappa shape index (κ1) is 27.2. The van der Waals surface area contributed by atoms with Crippen molar-refractivity contribution in [2.45, 2.75) is 55.9 Å². The molecule has 10 heteroatoms. The van der Waals surface area contributed by atoms with Crippen molar-refractivity contribution in [1.29, 1.82) is 0 Å². The number of nitrogens with zero attached hydrogens (tertiary/aromatic N) is 1. The van der Waals surface area contributed by atoms with Gasteiger partial charge in [0.05, 0.1) is 42.4 Å². The minimum atomic E-state index is -4.95. The van der Waals surface area contributed by atoms with Crippen LogP contribution in [0.2, 0.25) is 0 Å². The predicted octanol–water partition coefficient (Wildman–Crippen LogP) is 6.35. The van der Waals surface area contributed by atoms with Crippen LogP contribution in [-0.2, 0) is 38.8 Å². The third-order valence-electron chi connectivity index (χ3n) is 7.37. The zero-order valence-corrected chi connectivity index (χ0v) is 20.1. The molecule has 2 fully saturated rings. The molecule has 0 amide bonds. The maximum atomic E-state index is 13.4. The molecule has 2 aliphatic heterocycles. The van der Waals surface area contributed by atoms with E-state index in [0.717, 1.165) is 5.56 Å². The van der Waals surface area contributed by atoms with E-state index in [1.807, 2.05) is 30.3 Å². The summed E-state index contributed by atoms with van der Waals surface area (Å²) in [5.41, 5.74) is -3.00. The third kappa shape index (κ3) is 5.13. The summed E-state index contributed by atoms with van der Waals surface area (Å²) in [7, 11) is 1.32. The zero-order chi connectivity index (χ0) is 27.0. The number of piperidine rings is 1. The van der Waals surface area contributed by atoms with Crippen LogP contribution in [0.1, 0.15) is 41.5 Å². The molecule has 0 radical (unpaired) electrons. The number of esters is 1. The number of benzene rings is 2. The molecule has 4 nitrogen and oxygen atoms in total. The smallest absolute Gasteiger partial charge is 0.416 e. The van der Waals surface area contributed by atoms with E-state index in [0.29, 0.717) is 37.9 Å². The summed E-state index contributed by atoms with van der Waals surface area (Å²) in [6.07, 6.45) is -7.45. The summed E-state index contributed by atoms with van der Waals surface area (Å²) >= 11 is 0. The topological polar surface area (TPSA) is 38.8 Å².